The predicted octanol–water partition coefficient (Wildman–Crippen LogP) is 0.00620. The number of likely N-dealkylation sites (N-methyl/N-ethyl adjacent to an activating group) is 1. The molecule has 0 aromatic carbocycles. The van der Waals surface area contributed by atoms with Gasteiger partial charge in [0.15, 0.2) is 0 Å². The third-order valence-corrected chi connectivity index (χ3v) is 0.773. The monoisotopic (exact) mass is 113 g/mol. The first-order chi connectivity index (χ1) is 3.72. The molecule has 0 heterocycles. The van der Waals surface area contributed by atoms with Crippen molar-refractivity contribution < 1.29 is 0 Å². The minimum atomic E-state index is 0.685. The summed E-state index contributed by atoms with van der Waals surface area (Å²) in [6.45, 7) is 3.50. The van der Waals surface area contributed by atoms with Gasteiger partial charge in [0.25, 0.3) is 0 Å². The highest BCUT2D eigenvalue weighted by molar-refractivity contribution is 5.91. The van der Waals surface area contributed by atoms with Crippen molar-refractivity contribution in [1.29, 1.82) is 0 Å². The Morgan fingerprint density at radius 1 is 1.75 bits per heavy atom. The van der Waals surface area contributed by atoms with Crippen LogP contribution in [-0.4, -0.2) is 24.8 Å². The minimum absolute atomic E-state index is 0.685. The van der Waals surface area contributed by atoms with Gasteiger partial charge in [-0.1, -0.05) is 6.58 Å². The Bertz CT molecular complexity index is 104. The summed E-state index contributed by atoms with van der Waals surface area (Å²) in [7, 11) is 3.71. The molecule has 0 saturated heterocycles. The summed E-state index contributed by atoms with van der Waals surface area (Å²) in [5, 5.41) is 3.43. The van der Waals surface area contributed by atoms with E-state index < -0.39 is 0 Å². The van der Waals surface area contributed by atoms with Crippen LogP contribution in [0.3, 0.4) is 0 Å². The first-order valence-corrected chi connectivity index (χ1v) is 2.30. The zero-order chi connectivity index (χ0) is 6.57. The van der Waals surface area contributed by atoms with Gasteiger partial charge in [-0.25, -0.2) is 0 Å². The van der Waals surface area contributed by atoms with Gasteiger partial charge >= 0.3 is 0 Å². The molecule has 0 saturated carbocycles. The van der Waals surface area contributed by atoms with Gasteiger partial charge in [-0.05, 0) is 6.08 Å². The van der Waals surface area contributed by atoms with Crippen LogP contribution >= 0.6 is 0 Å². The highest BCUT2D eigenvalue weighted by Crippen LogP contribution is 1.79. The highest BCUT2D eigenvalue weighted by atomic mass is 15.2. The summed E-state index contributed by atoms with van der Waals surface area (Å²) in [5.74, 6) is 5.64. The van der Waals surface area contributed by atoms with Crippen molar-refractivity contribution in [2.24, 2.45) is 10.9 Å². The number of hydrogen-bond donors (Lipinski definition) is 1. The van der Waals surface area contributed by atoms with E-state index in [-0.39, 0.29) is 0 Å². The molecular formula is C5H11N3. The third-order valence-electron chi connectivity index (χ3n) is 0.773. The molecule has 0 bridgehead atoms. The Labute approximate surface area is 49.5 Å². The van der Waals surface area contributed by atoms with E-state index in [1.54, 1.807) is 11.0 Å². The lowest BCUT2D eigenvalue weighted by Crippen LogP contribution is -2.20. The molecule has 0 unspecified atom stereocenters. The molecule has 0 aliphatic heterocycles. The fraction of sp³-hybridized carbons (Fsp3) is 0.400. The lowest BCUT2D eigenvalue weighted by atomic mass is 10.5. The molecule has 0 fully saturated rings. The van der Waals surface area contributed by atoms with E-state index in [0.29, 0.717) is 5.84 Å². The topological polar surface area (TPSA) is 41.6 Å². The normalized spacial score (nSPS) is 11.0. The van der Waals surface area contributed by atoms with Crippen molar-refractivity contribution >= 4 is 5.84 Å². The number of rotatable bonds is 1. The minimum Gasteiger partial charge on any atom is -0.361 e. The van der Waals surface area contributed by atoms with Gasteiger partial charge in [0.2, 0.25) is 0 Å². The quantitative estimate of drug-likeness (QED) is 0.225. The first kappa shape index (κ1) is 7.01. The van der Waals surface area contributed by atoms with Crippen molar-refractivity contribution in [3.63, 3.8) is 0 Å². The number of hydrogen-bond acceptors (Lipinski definition) is 2. The molecule has 2 N–H and O–H groups in total. The standard InChI is InChI=1S/C5H11N3/c1-4-5(7-6)8(2)3/h4H,1,6H2,2-3H3/b7-5+. The third kappa shape index (κ3) is 1.64. The first-order valence-electron chi connectivity index (χ1n) is 2.30. The number of nitrogens with two attached hydrogens (primary N) is 1. The molecule has 0 aromatic heterocycles. The van der Waals surface area contributed by atoms with Gasteiger partial charge in [0.05, 0.1) is 0 Å². The second kappa shape index (κ2) is 3.07. The predicted molar refractivity (Wildman–Crippen MR) is 35.5 cm³/mol. The van der Waals surface area contributed by atoms with Crippen LogP contribution in [0.4, 0.5) is 0 Å². The van der Waals surface area contributed by atoms with E-state index >= 15 is 0 Å². The van der Waals surface area contributed by atoms with Gasteiger partial charge in [-0.2, -0.15) is 5.10 Å². The molecule has 0 radical (unpaired) electrons. The van der Waals surface area contributed by atoms with Gasteiger partial charge in [-0.15, -0.1) is 0 Å². The molecule has 0 amide bonds. The summed E-state index contributed by atoms with van der Waals surface area (Å²) in [6.07, 6.45) is 1.60. The Morgan fingerprint density at radius 2 is 2.25 bits per heavy atom. The zero-order valence-electron chi connectivity index (χ0n) is 5.26. The van der Waals surface area contributed by atoms with E-state index in [1.165, 1.54) is 0 Å². The summed E-state index contributed by atoms with van der Waals surface area (Å²) >= 11 is 0. The lowest BCUT2D eigenvalue weighted by molar-refractivity contribution is 0.623. The van der Waals surface area contributed by atoms with E-state index in [9.17, 15) is 0 Å². The van der Waals surface area contributed by atoms with Crippen LogP contribution in [0.2, 0.25) is 0 Å². The van der Waals surface area contributed by atoms with Crippen LogP contribution in [0.25, 0.3) is 0 Å². The summed E-state index contributed by atoms with van der Waals surface area (Å²) in [5.41, 5.74) is 0. The van der Waals surface area contributed by atoms with Crippen LogP contribution < -0.4 is 5.84 Å². The van der Waals surface area contributed by atoms with Crippen LogP contribution in [0.15, 0.2) is 17.8 Å². The fourth-order valence-electron chi connectivity index (χ4n) is 0.351. The van der Waals surface area contributed by atoms with Crippen molar-refractivity contribution in [1.82, 2.24) is 4.90 Å². The summed E-state index contributed by atoms with van der Waals surface area (Å²) in [4.78, 5) is 1.78. The lowest BCUT2D eigenvalue weighted by Gasteiger charge is -2.08. The van der Waals surface area contributed by atoms with E-state index in [2.05, 4.69) is 11.7 Å². The Kier molecular flexibility index (Phi) is 2.69. The van der Waals surface area contributed by atoms with Crippen LogP contribution in [0.5, 0.6) is 0 Å². The molecule has 8 heavy (non-hydrogen) atoms. The van der Waals surface area contributed by atoms with E-state index in [0.717, 1.165) is 0 Å². The van der Waals surface area contributed by atoms with Crippen molar-refractivity contribution in [3.8, 4) is 0 Å². The Hall–Kier alpha value is -0.990. The molecule has 0 rings (SSSR count). The maximum absolute atomic E-state index is 4.96. The van der Waals surface area contributed by atoms with Gasteiger partial charge in [-0.3, -0.25) is 0 Å². The maximum Gasteiger partial charge on any atom is 0.147 e. The van der Waals surface area contributed by atoms with Crippen molar-refractivity contribution in [3.05, 3.63) is 12.7 Å². The SMILES string of the molecule is C=C/C(=N\N)N(C)C. The second-order valence-corrected chi connectivity index (χ2v) is 1.59. The molecule has 0 aliphatic rings. The number of amidine groups is 1. The van der Waals surface area contributed by atoms with E-state index in [4.69, 9.17) is 5.84 Å². The van der Waals surface area contributed by atoms with Crippen LogP contribution in [-0.2, 0) is 0 Å². The molecule has 46 valence electrons. The molecule has 0 spiro atoms. The molecule has 3 nitrogen and oxygen atoms in total. The highest BCUT2D eigenvalue weighted by Gasteiger charge is 1.90. The smallest absolute Gasteiger partial charge is 0.147 e. The van der Waals surface area contributed by atoms with Gasteiger partial charge in [0.1, 0.15) is 5.84 Å². The summed E-state index contributed by atoms with van der Waals surface area (Å²) in [6, 6.07) is 0. The van der Waals surface area contributed by atoms with Crippen LogP contribution in [0.1, 0.15) is 0 Å². The molecule has 0 aromatic rings. The van der Waals surface area contributed by atoms with Crippen molar-refractivity contribution in [2.75, 3.05) is 14.1 Å². The maximum atomic E-state index is 4.96. The average Bonchev–Trinajstić information content (AvgIpc) is 1.69. The fourth-order valence-corrected chi connectivity index (χ4v) is 0.351. The van der Waals surface area contributed by atoms with Gasteiger partial charge in [0, 0.05) is 14.1 Å². The number of nitrogens with zero attached hydrogens (tertiary/aromatic N) is 2. The largest absolute Gasteiger partial charge is 0.361 e. The molecular weight excluding hydrogens is 102 g/mol. The Morgan fingerprint density at radius 3 is 2.25 bits per heavy atom. The molecule has 0 atom stereocenters. The van der Waals surface area contributed by atoms with Crippen LogP contribution in [0, 0.1) is 0 Å². The summed E-state index contributed by atoms with van der Waals surface area (Å²) < 4.78 is 0. The van der Waals surface area contributed by atoms with Gasteiger partial charge < -0.3 is 10.7 Å². The average molecular weight is 113 g/mol. The number of hydrazone groups is 1. The zero-order valence-corrected chi connectivity index (χ0v) is 5.26. The second-order valence-electron chi connectivity index (χ2n) is 1.59. The molecule has 3 heteroatoms. The van der Waals surface area contributed by atoms with E-state index in [1.807, 2.05) is 14.1 Å². The molecule has 0 aliphatic carbocycles. The van der Waals surface area contributed by atoms with Crippen molar-refractivity contribution in [2.45, 2.75) is 0 Å². The Balaban J connectivity index is 3.91.